The fraction of sp³-hybridized carbons (Fsp3) is 0.333. The summed E-state index contributed by atoms with van der Waals surface area (Å²) in [6, 6.07) is 6.75. The molecule has 2 aromatic heterocycles. The molecule has 3 rings (SSSR count). The van der Waals surface area contributed by atoms with Gasteiger partial charge >= 0.3 is 5.97 Å². The Kier molecular flexibility index (Phi) is 7.25. The average molecular weight is 438 g/mol. The summed E-state index contributed by atoms with van der Waals surface area (Å²) in [7, 11) is 1.30. The molecule has 0 aliphatic carbocycles. The van der Waals surface area contributed by atoms with Crippen LogP contribution in [0.25, 0.3) is 5.65 Å². The Morgan fingerprint density at radius 3 is 2.62 bits per heavy atom. The van der Waals surface area contributed by atoms with Gasteiger partial charge in [-0.1, -0.05) is 19.4 Å². The van der Waals surface area contributed by atoms with E-state index in [2.05, 4.69) is 9.72 Å². The summed E-state index contributed by atoms with van der Waals surface area (Å²) in [5, 5.41) is 10.5. The molecule has 0 aliphatic heterocycles. The van der Waals surface area contributed by atoms with Crippen molar-refractivity contribution < 1.29 is 24.2 Å². The second kappa shape index (κ2) is 10.1. The molecule has 0 saturated heterocycles. The van der Waals surface area contributed by atoms with Gasteiger partial charge in [-0.05, 0) is 38.0 Å². The van der Waals surface area contributed by atoms with Crippen molar-refractivity contribution in [3.05, 3.63) is 69.3 Å². The smallest absolute Gasteiger partial charge is 0.305 e. The predicted molar refractivity (Wildman–Crippen MR) is 118 cm³/mol. The molecular weight excluding hydrogens is 412 g/mol. The maximum absolute atomic E-state index is 12.8. The number of carbonyl (C=O) groups excluding carboxylic acids is 2. The monoisotopic (exact) mass is 438 g/mol. The van der Waals surface area contributed by atoms with Gasteiger partial charge in [0, 0.05) is 35.5 Å². The third-order valence-corrected chi connectivity index (χ3v) is 5.21. The third kappa shape index (κ3) is 4.80. The first-order chi connectivity index (χ1) is 15.4. The minimum Gasteiger partial charge on any atom is -0.507 e. The molecule has 32 heavy (non-hydrogen) atoms. The number of hydrogen-bond acceptors (Lipinski definition) is 7. The van der Waals surface area contributed by atoms with E-state index < -0.39 is 5.97 Å². The number of rotatable bonds is 9. The number of aromatic nitrogens is 2. The molecule has 8 nitrogen and oxygen atoms in total. The molecule has 0 bridgehead atoms. The van der Waals surface area contributed by atoms with E-state index in [1.54, 1.807) is 30.5 Å². The van der Waals surface area contributed by atoms with Gasteiger partial charge in [-0.25, -0.2) is 4.98 Å². The predicted octanol–water partition coefficient (Wildman–Crippen LogP) is 3.24. The van der Waals surface area contributed by atoms with Crippen LogP contribution in [0.1, 0.15) is 53.7 Å². The number of pyridine rings is 1. The van der Waals surface area contributed by atoms with Gasteiger partial charge in [-0.2, -0.15) is 0 Å². The molecule has 0 radical (unpaired) electrons. The van der Waals surface area contributed by atoms with Crippen LogP contribution in [0, 0.1) is 0 Å². The van der Waals surface area contributed by atoms with Gasteiger partial charge in [0.05, 0.1) is 12.7 Å². The van der Waals surface area contributed by atoms with Crippen molar-refractivity contribution >= 4 is 17.4 Å². The highest BCUT2D eigenvalue weighted by atomic mass is 16.5. The minimum atomic E-state index is -0.390. The van der Waals surface area contributed by atoms with Gasteiger partial charge in [0.2, 0.25) is 0 Å². The largest absolute Gasteiger partial charge is 0.507 e. The number of carbonyl (C=O) groups is 2. The van der Waals surface area contributed by atoms with Gasteiger partial charge in [-0.15, -0.1) is 0 Å². The second-order valence-corrected chi connectivity index (χ2v) is 7.43. The van der Waals surface area contributed by atoms with Crippen molar-refractivity contribution in [2.45, 2.75) is 46.1 Å². The molecule has 8 heteroatoms. The van der Waals surface area contributed by atoms with Crippen LogP contribution in [-0.4, -0.2) is 33.4 Å². The number of phenols is 1. The van der Waals surface area contributed by atoms with Crippen molar-refractivity contribution in [3.63, 3.8) is 0 Å². The number of ketones is 1. The van der Waals surface area contributed by atoms with Crippen LogP contribution in [0.15, 0.2) is 41.5 Å². The normalized spacial score (nSPS) is 10.8. The van der Waals surface area contributed by atoms with E-state index in [-0.39, 0.29) is 42.1 Å². The first-order valence-electron chi connectivity index (χ1n) is 10.4. The lowest BCUT2D eigenvalue weighted by Crippen LogP contribution is -2.21. The molecule has 2 heterocycles. The van der Waals surface area contributed by atoms with Gasteiger partial charge in [0.15, 0.2) is 5.78 Å². The Hall–Kier alpha value is -3.68. The number of hydrogen-bond donors (Lipinski definition) is 1. The quantitative estimate of drug-likeness (QED) is 0.404. The SMILES string of the molecule is CCCc1c(OCc2cccn3c(=O)c(CCC(=O)OC)cnc23)ccc(C(C)=O)c1O. The topological polar surface area (TPSA) is 107 Å². The molecular formula is C24H26N2O6. The van der Waals surface area contributed by atoms with E-state index in [9.17, 15) is 19.5 Å². The molecule has 0 amide bonds. The van der Waals surface area contributed by atoms with Crippen molar-refractivity contribution in [1.29, 1.82) is 0 Å². The third-order valence-electron chi connectivity index (χ3n) is 5.21. The maximum Gasteiger partial charge on any atom is 0.305 e. The second-order valence-electron chi connectivity index (χ2n) is 7.43. The van der Waals surface area contributed by atoms with E-state index in [1.165, 1.54) is 24.6 Å². The first-order valence-corrected chi connectivity index (χ1v) is 10.4. The summed E-state index contributed by atoms with van der Waals surface area (Å²) in [6.45, 7) is 3.50. The van der Waals surface area contributed by atoms with Crippen molar-refractivity contribution in [2.75, 3.05) is 7.11 Å². The fourth-order valence-corrected chi connectivity index (χ4v) is 3.51. The molecule has 1 N–H and O–H groups in total. The highest BCUT2D eigenvalue weighted by Gasteiger charge is 2.17. The lowest BCUT2D eigenvalue weighted by molar-refractivity contribution is -0.140. The number of methoxy groups -OCH3 is 1. The van der Waals surface area contributed by atoms with Crippen LogP contribution in [-0.2, 0) is 29.0 Å². The first kappa shape index (κ1) is 23.0. The van der Waals surface area contributed by atoms with Crippen molar-refractivity contribution in [1.82, 2.24) is 9.38 Å². The molecule has 0 atom stereocenters. The van der Waals surface area contributed by atoms with Crippen molar-refractivity contribution in [3.8, 4) is 11.5 Å². The maximum atomic E-state index is 12.8. The molecule has 0 saturated carbocycles. The van der Waals surface area contributed by atoms with Crippen LogP contribution >= 0.6 is 0 Å². The standard InChI is InChI=1S/C24H26N2O6/c1-4-6-19-20(10-9-18(15(2)27)22(19)29)32-14-17-7-5-12-26-23(17)25-13-16(24(26)30)8-11-21(28)31-3/h5,7,9-10,12-13,29H,4,6,8,11,14H2,1-3H3. The summed E-state index contributed by atoms with van der Waals surface area (Å²) in [5.41, 5.74) is 2.13. The number of phenolic OH excluding ortho intramolecular Hbond substituents is 1. The number of fused-ring (bicyclic) bond motifs is 1. The Bertz CT molecular complexity index is 1220. The molecule has 168 valence electrons. The Balaban J connectivity index is 1.89. The van der Waals surface area contributed by atoms with E-state index in [0.717, 1.165) is 6.42 Å². The van der Waals surface area contributed by atoms with Crippen LogP contribution in [0.3, 0.4) is 0 Å². The molecule has 3 aromatic rings. The number of benzene rings is 1. The summed E-state index contributed by atoms with van der Waals surface area (Å²) in [6.07, 6.45) is 4.75. The molecule has 0 spiro atoms. The van der Waals surface area contributed by atoms with Crippen LogP contribution < -0.4 is 10.3 Å². The van der Waals surface area contributed by atoms with E-state index in [4.69, 9.17) is 4.74 Å². The van der Waals surface area contributed by atoms with E-state index in [0.29, 0.717) is 34.5 Å². The summed E-state index contributed by atoms with van der Waals surface area (Å²) >= 11 is 0. The summed E-state index contributed by atoms with van der Waals surface area (Å²) in [5.74, 6) is -0.182. The number of aromatic hydroxyl groups is 1. The number of aryl methyl sites for hydroxylation is 1. The molecule has 0 fully saturated rings. The van der Waals surface area contributed by atoms with Gasteiger partial charge < -0.3 is 14.6 Å². The average Bonchev–Trinajstić information content (AvgIpc) is 2.78. The highest BCUT2D eigenvalue weighted by molar-refractivity contribution is 5.97. The zero-order valence-electron chi connectivity index (χ0n) is 18.4. The summed E-state index contributed by atoms with van der Waals surface area (Å²) < 4.78 is 12.0. The zero-order chi connectivity index (χ0) is 23.3. The number of ether oxygens (including phenoxy) is 2. The molecule has 1 aromatic carbocycles. The van der Waals surface area contributed by atoms with Gasteiger partial charge in [-0.3, -0.25) is 18.8 Å². The van der Waals surface area contributed by atoms with Crippen molar-refractivity contribution in [2.24, 2.45) is 0 Å². The lowest BCUT2D eigenvalue weighted by atomic mass is 10.0. The highest BCUT2D eigenvalue weighted by Crippen LogP contribution is 2.33. The Morgan fingerprint density at radius 1 is 1.16 bits per heavy atom. The molecule has 0 unspecified atom stereocenters. The molecule has 0 aliphatic rings. The van der Waals surface area contributed by atoms with Gasteiger partial charge in [0.25, 0.3) is 5.56 Å². The Morgan fingerprint density at radius 2 is 1.94 bits per heavy atom. The zero-order valence-corrected chi connectivity index (χ0v) is 18.4. The van der Waals surface area contributed by atoms with E-state index in [1.807, 2.05) is 6.92 Å². The number of Topliss-reactive ketones (excluding diaryl/α,β-unsaturated/α-hetero) is 1. The summed E-state index contributed by atoms with van der Waals surface area (Å²) in [4.78, 5) is 40.4. The number of nitrogens with zero attached hydrogens (tertiary/aromatic N) is 2. The minimum absolute atomic E-state index is 0.0561. The van der Waals surface area contributed by atoms with Gasteiger partial charge in [0.1, 0.15) is 23.8 Å². The van der Waals surface area contributed by atoms with Crippen LogP contribution in [0.5, 0.6) is 11.5 Å². The number of esters is 1. The van der Waals surface area contributed by atoms with Crippen LogP contribution in [0.4, 0.5) is 0 Å². The lowest BCUT2D eigenvalue weighted by Gasteiger charge is -2.15. The van der Waals surface area contributed by atoms with Crippen LogP contribution in [0.2, 0.25) is 0 Å². The van der Waals surface area contributed by atoms with E-state index >= 15 is 0 Å². The fourth-order valence-electron chi connectivity index (χ4n) is 3.51. The Labute approximate surface area is 185 Å².